The van der Waals surface area contributed by atoms with Crippen LogP contribution in [0.25, 0.3) is 22.7 Å². The van der Waals surface area contributed by atoms with Crippen molar-refractivity contribution in [2.75, 3.05) is 5.32 Å². The third-order valence-corrected chi connectivity index (χ3v) is 5.94. The molecule has 1 N–H and O–H groups in total. The van der Waals surface area contributed by atoms with Crippen molar-refractivity contribution in [2.45, 2.75) is 52.5 Å². The second kappa shape index (κ2) is 10.5. The SMILES string of the molecule is CCCC(CCC)n1cnc(-c2ccc(C)cc2)c1-c1ccc(C(=O)Nc2ccccc2F)o1. The van der Waals surface area contributed by atoms with Crippen LogP contribution in [0.5, 0.6) is 0 Å². The number of rotatable bonds is 9. The van der Waals surface area contributed by atoms with E-state index in [9.17, 15) is 9.18 Å². The molecule has 4 rings (SSSR count). The molecule has 4 aromatic rings. The molecule has 0 fully saturated rings. The van der Waals surface area contributed by atoms with Crippen molar-refractivity contribution in [3.05, 3.63) is 84.1 Å². The largest absolute Gasteiger partial charge is 0.449 e. The van der Waals surface area contributed by atoms with Gasteiger partial charge in [-0.1, -0.05) is 68.7 Å². The zero-order valence-electron chi connectivity index (χ0n) is 19.8. The minimum absolute atomic E-state index is 0.113. The lowest BCUT2D eigenvalue weighted by atomic mass is 10.0. The number of imidazole rings is 1. The van der Waals surface area contributed by atoms with Crippen molar-refractivity contribution in [1.29, 1.82) is 0 Å². The first-order valence-electron chi connectivity index (χ1n) is 11.8. The van der Waals surface area contributed by atoms with Crippen LogP contribution in [-0.4, -0.2) is 15.5 Å². The van der Waals surface area contributed by atoms with E-state index in [0.29, 0.717) is 5.76 Å². The highest BCUT2D eigenvalue weighted by atomic mass is 19.1. The molecule has 0 spiro atoms. The van der Waals surface area contributed by atoms with Crippen molar-refractivity contribution in [1.82, 2.24) is 9.55 Å². The fourth-order valence-corrected chi connectivity index (χ4v) is 4.23. The summed E-state index contributed by atoms with van der Waals surface area (Å²) in [6.45, 7) is 6.41. The van der Waals surface area contributed by atoms with E-state index in [4.69, 9.17) is 9.40 Å². The lowest BCUT2D eigenvalue weighted by Gasteiger charge is -2.20. The van der Waals surface area contributed by atoms with Gasteiger partial charge in [0.25, 0.3) is 5.91 Å². The Morgan fingerprint density at radius 3 is 2.41 bits per heavy atom. The second-order valence-electron chi connectivity index (χ2n) is 8.54. The summed E-state index contributed by atoms with van der Waals surface area (Å²) in [6, 6.07) is 18.0. The second-order valence-corrected chi connectivity index (χ2v) is 8.54. The van der Waals surface area contributed by atoms with E-state index >= 15 is 0 Å². The topological polar surface area (TPSA) is 60.1 Å². The summed E-state index contributed by atoms with van der Waals surface area (Å²) in [6.07, 6.45) is 6.02. The molecule has 0 bridgehead atoms. The Morgan fingerprint density at radius 1 is 1.03 bits per heavy atom. The minimum atomic E-state index is -0.502. The molecule has 5 nitrogen and oxygen atoms in total. The highest BCUT2D eigenvalue weighted by Gasteiger charge is 2.24. The van der Waals surface area contributed by atoms with E-state index in [0.717, 1.165) is 42.6 Å². The van der Waals surface area contributed by atoms with Gasteiger partial charge in [-0.25, -0.2) is 9.37 Å². The van der Waals surface area contributed by atoms with Crippen molar-refractivity contribution in [2.24, 2.45) is 0 Å². The quantitative estimate of drug-likeness (QED) is 0.280. The maximum absolute atomic E-state index is 14.0. The van der Waals surface area contributed by atoms with E-state index in [1.165, 1.54) is 17.7 Å². The van der Waals surface area contributed by atoms with Gasteiger partial charge in [0, 0.05) is 11.6 Å². The highest BCUT2D eigenvalue weighted by molar-refractivity contribution is 6.02. The Labute approximate surface area is 199 Å². The molecule has 1 amide bonds. The van der Waals surface area contributed by atoms with Gasteiger partial charge >= 0.3 is 0 Å². The van der Waals surface area contributed by atoms with E-state index in [1.807, 2.05) is 6.33 Å². The van der Waals surface area contributed by atoms with Gasteiger partial charge in [-0.05, 0) is 44.0 Å². The number of nitrogens with one attached hydrogen (secondary N) is 1. The van der Waals surface area contributed by atoms with E-state index in [2.05, 4.69) is 54.9 Å². The van der Waals surface area contributed by atoms with Gasteiger partial charge in [-0.2, -0.15) is 0 Å². The Bertz CT molecular complexity index is 1250. The fraction of sp³-hybridized carbons (Fsp3) is 0.286. The Kier molecular flexibility index (Phi) is 7.26. The first kappa shape index (κ1) is 23.5. The standard InChI is InChI=1S/C28H30FN3O2/c1-4-8-21(9-5-2)32-18-30-26(20-14-12-19(3)13-15-20)27(32)24-16-17-25(34-24)28(33)31-23-11-7-6-10-22(23)29/h6-7,10-18,21H,4-5,8-9H2,1-3H3,(H,31,33). The third kappa shape index (κ3) is 4.96. The van der Waals surface area contributed by atoms with E-state index in [-0.39, 0.29) is 17.5 Å². The number of hydrogen-bond acceptors (Lipinski definition) is 3. The molecule has 2 aromatic heterocycles. The van der Waals surface area contributed by atoms with Gasteiger partial charge in [-0.15, -0.1) is 0 Å². The van der Waals surface area contributed by atoms with Crippen LogP contribution in [0.1, 0.15) is 61.7 Å². The molecule has 0 aliphatic rings. The Hall–Kier alpha value is -3.67. The Morgan fingerprint density at radius 2 is 1.74 bits per heavy atom. The van der Waals surface area contributed by atoms with Gasteiger partial charge in [0.05, 0.1) is 17.7 Å². The summed E-state index contributed by atoms with van der Waals surface area (Å²) in [5, 5.41) is 2.59. The number of carbonyl (C=O) groups is 1. The molecular formula is C28H30FN3O2. The van der Waals surface area contributed by atoms with E-state index < -0.39 is 11.7 Å². The van der Waals surface area contributed by atoms with Crippen LogP contribution in [0.15, 0.2) is 71.4 Å². The molecule has 176 valence electrons. The summed E-state index contributed by atoms with van der Waals surface area (Å²) in [5.74, 6) is -0.324. The number of carbonyl (C=O) groups excluding carboxylic acids is 1. The zero-order chi connectivity index (χ0) is 24.1. The minimum Gasteiger partial charge on any atom is -0.449 e. The van der Waals surface area contributed by atoms with Crippen molar-refractivity contribution >= 4 is 11.6 Å². The number of halogens is 1. The first-order valence-corrected chi connectivity index (χ1v) is 11.8. The van der Waals surface area contributed by atoms with Gasteiger partial charge < -0.3 is 14.3 Å². The Balaban J connectivity index is 1.74. The van der Waals surface area contributed by atoms with Crippen LogP contribution >= 0.6 is 0 Å². The molecule has 0 radical (unpaired) electrons. The van der Waals surface area contributed by atoms with Gasteiger partial charge in [0.15, 0.2) is 11.5 Å². The predicted octanol–water partition coefficient (Wildman–Crippen LogP) is 7.65. The van der Waals surface area contributed by atoms with Gasteiger partial charge in [0.2, 0.25) is 0 Å². The van der Waals surface area contributed by atoms with Gasteiger partial charge in [-0.3, -0.25) is 4.79 Å². The average molecular weight is 460 g/mol. The smallest absolute Gasteiger partial charge is 0.291 e. The lowest BCUT2D eigenvalue weighted by Crippen LogP contribution is -2.12. The average Bonchev–Trinajstić information content (AvgIpc) is 3.48. The number of para-hydroxylation sites is 1. The first-order chi connectivity index (χ1) is 16.5. The molecular weight excluding hydrogens is 429 g/mol. The van der Waals surface area contributed by atoms with Crippen LogP contribution in [-0.2, 0) is 0 Å². The molecule has 2 heterocycles. The molecule has 0 atom stereocenters. The molecule has 2 aromatic carbocycles. The number of aryl methyl sites for hydroxylation is 1. The summed E-state index contributed by atoms with van der Waals surface area (Å²) in [5.41, 5.74) is 3.93. The van der Waals surface area contributed by atoms with Gasteiger partial charge in [0.1, 0.15) is 11.5 Å². The molecule has 6 heteroatoms. The number of anilines is 1. The summed E-state index contributed by atoms with van der Waals surface area (Å²) < 4.78 is 22.2. The summed E-state index contributed by atoms with van der Waals surface area (Å²) in [7, 11) is 0. The highest BCUT2D eigenvalue weighted by Crippen LogP contribution is 2.36. The summed E-state index contributed by atoms with van der Waals surface area (Å²) >= 11 is 0. The normalized spacial score (nSPS) is 11.2. The lowest BCUT2D eigenvalue weighted by molar-refractivity contribution is 0.0997. The van der Waals surface area contributed by atoms with Crippen molar-refractivity contribution in [3.8, 4) is 22.7 Å². The maximum Gasteiger partial charge on any atom is 0.291 e. The molecule has 34 heavy (non-hydrogen) atoms. The molecule has 0 aliphatic carbocycles. The van der Waals surface area contributed by atoms with Crippen LogP contribution < -0.4 is 5.32 Å². The van der Waals surface area contributed by atoms with Crippen LogP contribution in [0.2, 0.25) is 0 Å². The number of amides is 1. The molecule has 0 aliphatic heterocycles. The number of benzene rings is 2. The molecule has 0 saturated carbocycles. The molecule has 0 unspecified atom stereocenters. The van der Waals surface area contributed by atoms with Crippen molar-refractivity contribution in [3.63, 3.8) is 0 Å². The number of hydrogen-bond donors (Lipinski definition) is 1. The number of aromatic nitrogens is 2. The number of furan rings is 1. The van der Waals surface area contributed by atoms with Crippen LogP contribution in [0.3, 0.4) is 0 Å². The maximum atomic E-state index is 14.0. The third-order valence-electron chi connectivity index (χ3n) is 5.94. The van der Waals surface area contributed by atoms with Crippen molar-refractivity contribution < 1.29 is 13.6 Å². The van der Waals surface area contributed by atoms with Crippen LogP contribution in [0, 0.1) is 12.7 Å². The monoisotopic (exact) mass is 459 g/mol. The summed E-state index contributed by atoms with van der Waals surface area (Å²) in [4.78, 5) is 17.5. The van der Waals surface area contributed by atoms with E-state index in [1.54, 1.807) is 24.3 Å². The predicted molar refractivity (Wildman–Crippen MR) is 133 cm³/mol. The van der Waals surface area contributed by atoms with Crippen LogP contribution in [0.4, 0.5) is 10.1 Å². The number of nitrogens with zero attached hydrogens (tertiary/aromatic N) is 2. The zero-order valence-corrected chi connectivity index (χ0v) is 19.8. The molecule has 0 saturated heterocycles. The fourth-order valence-electron chi connectivity index (χ4n) is 4.23.